The van der Waals surface area contributed by atoms with Gasteiger partial charge in [0.1, 0.15) is 0 Å². The van der Waals surface area contributed by atoms with Gasteiger partial charge in [0.2, 0.25) is 0 Å². The van der Waals surface area contributed by atoms with E-state index in [0.717, 1.165) is 16.8 Å². The van der Waals surface area contributed by atoms with Crippen molar-refractivity contribution < 1.29 is 14.3 Å². The molecule has 1 aliphatic heterocycles. The summed E-state index contributed by atoms with van der Waals surface area (Å²) in [6, 6.07) is 12.8. The second-order valence-electron chi connectivity index (χ2n) is 6.45. The minimum absolute atomic E-state index is 0.200. The smallest absolute Gasteiger partial charge is 0.255 e. The number of hydrogen-bond donors (Lipinski definition) is 3. The van der Waals surface area contributed by atoms with Crippen LogP contribution in [0.1, 0.15) is 24.1 Å². The lowest BCUT2D eigenvalue weighted by Crippen LogP contribution is -2.45. The number of ether oxygens (including phenoxy) is 2. The van der Waals surface area contributed by atoms with Crippen molar-refractivity contribution in [3.05, 3.63) is 64.9 Å². The molecule has 2 aromatic rings. The van der Waals surface area contributed by atoms with Gasteiger partial charge in [0.15, 0.2) is 16.6 Å². The Morgan fingerprint density at radius 3 is 2.46 bits per heavy atom. The molecule has 146 valence electrons. The molecule has 1 aliphatic rings. The zero-order valence-corrected chi connectivity index (χ0v) is 17.1. The molecule has 0 bridgehead atoms. The van der Waals surface area contributed by atoms with Gasteiger partial charge in [-0.2, -0.15) is 0 Å². The maximum atomic E-state index is 13.1. The first-order valence-electron chi connectivity index (χ1n) is 8.81. The Bertz CT molecular complexity index is 956. The fourth-order valence-electron chi connectivity index (χ4n) is 3.18. The lowest BCUT2D eigenvalue weighted by atomic mass is 9.94. The number of carbonyl (C=O) groups excluding carboxylic acids is 1. The number of carbonyl (C=O) groups is 1. The topological polar surface area (TPSA) is 71.6 Å². The number of nitrogens with one attached hydrogen (secondary N) is 3. The highest BCUT2D eigenvalue weighted by atomic mass is 32.1. The molecule has 2 aromatic carbocycles. The number of amides is 1. The van der Waals surface area contributed by atoms with Gasteiger partial charge in [-0.3, -0.25) is 4.79 Å². The van der Waals surface area contributed by atoms with Crippen LogP contribution in [0.2, 0.25) is 0 Å². The molecule has 0 saturated heterocycles. The Hall–Kier alpha value is -3.06. The van der Waals surface area contributed by atoms with Gasteiger partial charge in [-0.05, 0) is 55.4 Å². The first-order chi connectivity index (χ1) is 13.4. The number of methoxy groups -OCH3 is 2. The Balaban J connectivity index is 1.99. The van der Waals surface area contributed by atoms with Crippen molar-refractivity contribution in [2.75, 3.05) is 19.5 Å². The first-order valence-corrected chi connectivity index (χ1v) is 9.22. The maximum absolute atomic E-state index is 13.1. The summed E-state index contributed by atoms with van der Waals surface area (Å²) in [5, 5.41) is 9.70. The van der Waals surface area contributed by atoms with Crippen LogP contribution >= 0.6 is 12.2 Å². The van der Waals surface area contributed by atoms with E-state index in [2.05, 4.69) is 16.0 Å². The van der Waals surface area contributed by atoms with Gasteiger partial charge in [0.25, 0.3) is 5.91 Å². The van der Waals surface area contributed by atoms with Gasteiger partial charge in [-0.25, -0.2) is 0 Å². The van der Waals surface area contributed by atoms with Crippen LogP contribution in [0.4, 0.5) is 5.69 Å². The Morgan fingerprint density at radius 2 is 1.79 bits per heavy atom. The highest BCUT2D eigenvalue weighted by Gasteiger charge is 2.30. The van der Waals surface area contributed by atoms with Crippen molar-refractivity contribution in [2.45, 2.75) is 19.9 Å². The van der Waals surface area contributed by atoms with Gasteiger partial charge in [0.05, 0.1) is 25.8 Å². The van der Waals surface area contributed by atoms with Crippen molar-refractivity contribution in [3.8, 4) is 11.5 Å². The number of benzene rings is 2. The van der Waals surface area contributed by atoms with E-state index in [9.17, 15) is 4.79 Å². The highest BCUT2D eigenvalue weighted by molar-refractivity contribution is 7.80. The summed E-state index contributed by atoms with van der Waals surface area (Å²) in [4.78, 5) is 13.1. The molecule has 0 aliphatic carbocycles. The molecule has 0 radical (unpaired) electrons. The predicted octanol–water partition coefficient (Wildman–Crippen LogP) is 3.44. The van der Waals surface area contributed by atoms with Crippen molar-refractivity contribution in [2.24, 2.45) is 0 Å². The van der Waals surface area contributed by atoms with Crippen LogP contribution in [0.5, 0.6) is 11.5 Å². The molecule has 3 rings (SSSR count). The van der Waals surface area contributed by atoms with E-state index in [0.29, 0.717) is 27.9 Å². The molecule has 1 heterocycles. The van der Waals surface area contributed by atoms with Gasteiger partial charge >= 0.3 is 0 Å². The Morgan fingerprint density at radius 1 is 1.07 bits per heavy atom. The third-order valence-electron chi connectivity index (χ3n) is 4.65. The summed E-state index contributed by atoms with van der Waals surface area (Å²) in [6.45, 7) is 3.79. The molecular weight excluding hydrogens is 374 g/mol. The molecule has 0 fully saturated rings. The van der Waals surface area contributed by atoms with Crippen LogP contribution in [0, 0.1) is 6.92 Å². The number of hydrogen-bond acceptors (Lipinski definition) is 4. The highest BCUT2D eigenvalue weighted by Crippen LogP contribution is 2.34. The van der Waals surface area contributed by atoms with E-state index in [-0.39, 0.29) is 5.91 Å². The monoisotopic (exact) mass is 397 g/mol. The molecule has 1 atom stereocenters. The van der Waals surface area contributed by atoms with Crippen LogP contribution in [-0.2, 0) is 4.79 Å². The summed E-state index contributed by atoms with van der Waals surface area (Å²) >= 11 is 5.32. The quantitative estimate of drug-likeness (QED) is 0.672. The van der Waals surface area contributed by atoms with Crippen molar-refractivity contribution in [1.29, 1.82) is 0 Å². The normalized spacial score (nSPS) is 16.1. The molecule has 0 saturated carbocycles. The third kappa shape index (κ3) is 3.94. The second-order valence-corrected chi connectivity index (χ2v) is 6.86. The van der Waals surface area contributed by atoms with Crippen LogP contribution in [0.25, 0.3) is 0 Å². The van der Waals surface area contributed by atoms with E-state index >= 15 is 0 Å². The standard InChI is InChI=1S/C21H23N3O3S/c1-12-7-5-6-8-15(12)23-20(25)18-13(2)22-21(28)24-19(18)14-9-10-16(26-3)17(11-14)27-4/h5-11,19H,1-4H3,(H,23,25)(H2,22,24,28). The number of aryl methyl sites for hydroxylation is 1. The largest absolute Gasteiger partial charge is 0.493 e. The molecule has 7 heteroatoms. The van der Waals surface area contributed by atoms with Crippen molar-refractivity contribution in [3.63, 3.8) is 0 Å². The summed E-state index contributed by atoms with van der Waals surface area (Å²) in [5.41, 5.74) is 3.87. The zero-order valence-electron chi connectivity index (χ0n) is 16.3. The lowest BCUT2D eigenvalue weighted by molar-refractivity contribution is -0.113. The molecule has 0 aromatic heterocycles. The summed E-state index contributed by atoms with van der Waals surface area (Å²) in [6.07, 6.45) is 0. The second kappa shape index (κ2) is 8.31. The average molecular weight is 398 g/mol. The van der Waals surface area contributed by atoms with Gasteiger partial charge in [-0.1, -0.05) is 24.3 Å². The minimum Gasteiger partial charge on any atom is -0.493 e. The summed E-state index contributed by atoms with van der Waals surface area (Å²) in [5.74, 6) is 1.01. The third-order valence-corrected chi connectivity index (χ3v) is 4.87. The van der Waals surface area contributed by atoms with E-state index in [1.807, 2.05) is 56.3 Å². The molecule has 1 amide bonds. The SMILES string of the molecule is COc1ccc(C2NC(=S)NC(C)=C2C(=O)Nc2ccccc2C)cc1OC. The van der Waals surface area contributed by atoms with Crippen LogP contribution in [0.15, 0.2) is 53.7 Å². The maximum Gasteiger partial charge on any atom is 0.255 e. The van der Waals surface area contributed by atoms with E-state index in [1.54, 1.807) is 14.2 Å². The minimum atomic E-state index is -0.419. The fourth-order valence-corrected chi connectivity index (χ4v) is 3.45. The zero-order chi connectivity index (χ0) is 20.3. The van der Waals surface area contributed by atoms with Crippen LogP contribution in [0.3, 0.4) is 0 Å². The van der Waals surface area contributed by atoms with Gasteiger partial charge in [0, 0.05) is 11.4 Å². The number of anilines is 1. The Labute approximate surface area is 169 Å². The van der Waals surface area contributed by atoms with Gasteiger partial charge < -0.3 is 25.4 Å². The number of thiocarbonyl (C=S) groups is 1. The number of rotatable bonds is 5. The molecule has 28 heavy (non-hydrogen) atoms. The summed E-state index contributed by atoms with van der Waals surface area (Å²) in [7, 11) is 3.16. The molecule has 6 nitrogen and oxygen atoms in total. The average Bonchev–Trinajstić information content (AvgIpc) is 2.68. The van der Waals surface area contributed by atoms with Crippen LogP contribution < -0.4 is 25.4 Å². The lowest BCUT2D eigenvalue weighted by Gasteiger charge is -2.30. The fraction of sp³-hybridized carbons (Fsp3) is 0.238. The molecule has 0 spiro atoms. The summed E-state index contributed by atoms with van der Waals surface area (Å²) < 4.78 is 10.7. The number of para-hydroxylation sites is 1. The van der Waals surface area contributed by atoms with Gasteiger partial charge in [-0.15, -0.1) is 0 Å². The van der Waals surface area contributed by atoms with Crippen molar-refractivity contribution >= 4 is 28.9 Å². The predicted molar refractivity (Wildman–Crippen MR) is 114 cm³/mol. The molecule has 1 unspecified atom stereocenters. The molecular formula is C21H23N3O3S. The van der Waals surface area contributed by atoms with E-state index in [4.69, 9.17) is 21.7 Å². The van der Waals surface area contributed by atoms with E-state index < -0.39 is 6.04 Å². The van der Waals surface area contributed by atoms with E-state index in [1.165, 1.54) is 0 Å². The van der Waals surface area contributed by atoms with Crippen molar-refractivity contribution in [1.82, 2.24) is 10.6 Å². The number of allylic oxidation sites excluding steroid dienone is 1. The first kappa shape index (κ1) is 19.7. The Kier molecular flexibility index (Phi) is 5.84. The van der Waals surface area contributed by atoms with Crippen LogP contribution in [-0.4, -0.2) is 25.2 Å². The molecule has 3 N–H and O–H groups in total.